The van der Waals surface area contributed by atoms with Crippen LogP contribution in [-0.2, 0) is 14.3 Å². The minimum absolute atomic E-state index is 0.312. The molecular weight excluding hydrogens is 420 g/mol. The van der Waals surface area contributed by atoms with Gasteiger partial charge >= 0.3 is 6.09 Å². The number of carbonyl (C=O) groups is 2. The van der Waals surface area contributed by atoms with E-state index in [0.29, 0.717) is 51.5 Å². The van der Waals surface area contributed by atoms with Gasteiger partial charge in [0.15, 0.2) is 6.10 Å². The third-order valence-corrected chi connectivity index (χ3v) is 8.42. The Bertz CT molecular complexity index is 724. The van der Waals surface area contributed by atoms with Crippen molar-refractivity contribution in [1.82, 2.24) is 15.1 Å². The number of likely N-dealkylation sites (tertiary alicyclic amines) is 1. The first kappa shape index (κ1) is 24.3. The number of ether oxygens (including phenoxy) is 2. The van der Waals surface area contributed by atoms with Crippen molar-refractivity contribution in [3.63, 3.8) is 0 Å². The van der Waals surface area contributed by atoms with Gasteiger partial charge in [0.2, 0.25) is 0 Å². The van der Waals surface area contributed by atoms with Crippen molar-refractivity contribution in [1.29, 1.82) is 5.26 Å². The third-order valence-electron chi connectivity index (χ3n) is 8.42. The Hall–Kier alpha value is -1.85. The molecular formula is C25H40N4O4. The van der Waals surface area contributed by atoms with Crippen molar-refractivity contribution in [2.75, 3.05) is 46.4 Å². The molecule has 2 aliphatic heterocycles. The first-order valence-corrected chi connectivity index (χ1v) is 12.9. The van der Waals surface area contributed by atoms with Crippen molar-refractivity contribution in [3.05, 3.63) is 0 Å². The highest BCUT2D eigenvalue weighted by Gasteiger charge is 2.40. The fourth-order valence-corrected chi connectivity index (χ4v) is 6.22. The molecule has 0 spiro atoms. The molecule has 0 radical (unpaired) electrons. The summed E-state index contributed by atoms with van der Waals surface area (Å²) in [6, 6.07) is 2.36. The fraction of sp³-hybridized carbons (Fsp3) is 0.880. The standard InChI is InChI=1S/C25H40N4O4/c1-28-10-8-25(18-26,9-11-28)27-23(30)22(33-24(31)29-12-14-32-15-13-29)17-19-6-7-20-4-2-3-5-21(20)16-19/h19-22H,2-17H2,1H3,(H,27,30). The quantitative estimate of drug-likeness (QED) is 0.678. The number of fused-ring (bicyclic) bond motifs is 1. The molecule has 2 amide bonds. The monoisotopic (exact) mass is 460 g/mol. The largest absolute Gasteiger partial charge is 0.436 e. The summed E-state index contributed by atoms with van der Waals surface area (Å²) in [5, 5.41) is 12.9. The minimum atomic E-state index is -0.881. The van der Waals surface area contributed by atoms with E-state index in [1.807, 2.05) is 7.05 Å². The van der Waals surface area contributed by atoms with Gasteiger partial charge in [-0.15, -0.1) is 0 Å². The summed E-state index contributed by atoms with van der Waals surface area (Å²) in [5.74, 6) is 1.65. The molecule has 2 aliphatic carbocycles. The number of amides is 2. The molecule has 8 heteroatoms. The second kappa shape index (κ2) is 11.1. The Labute approximate surface area is 197 Å². The van der Waals surface area contributed by atoms with E-state index in [1.165, 1.54) is 32.1 Å². The van der Waals surface area contributed by atoms with Crippen LogP contribution in [0.2, 0.25) is 0 Å². The average molecular weight is 461 g/mol. The maximum Gasteiger partial charge on any atom is 0.410 e. The Morgan fingerprint density at radius 3 is 2.48 bits per heavy atom. The van der Waals surface area contributed by atoms with Crippen LogP contribution in [0.1, 0.15) is 64.2 Å². The van der Waals surface area contributed by atoms with Crippen molar-refractivity contribution in [2.24, 2.45) is 17.8 Å². The summed E-state index contributed by atoms with van der Waals surface area (Å²) in [6.45, 7) is 3.46. The lowest BCUT2D eigenvalue weighted by molar-refractivity contribution is -0.133. The fourth-order valence-electron chi connectivity index (χ4n) is 6.22. The summed E-state index contributed by atoms with van der Waals surface area (Å²) >= 11 is 0. The van der Waals surface area contributed by atoms with Crippen LogP contribution >= 0.6 is 0 Å². The number of carbonyl (C=O) groups excluding carboxylic acids is 2. The van der Waals surface area contributed by atoms with Crippen LogP contribution in [0.4, 0.5) is 4.79 Å². The Kier molecular flexibility index (Phi) is 8.13. The zero-order chi connectivity index (χ0) is 23.3. The molecule has 8 nitrogen and oxygen atoms in total. The van der Waals surface area contributed by atoms with E-state index in [9.17, 15) is 14.9 Å². The summed E-state index contributed by atoms with van der Waals surface area (Å²) in [4.78, 5) is 30.1. The number of nitriles is 1. The predicted octanol–water partition coefficient (Wildman–Crippen LogP) is 2.92. The SMILES string of the molecule is CN1CCC(C#N)(NC(=O)C(CC2CCC3CCCCC3C2)OC(=O)N2CCOCC2)CC1. The molecule has 0 aromatic rings. The van der Waals surface area contributed by atoms with Crippen molar-refractivity contribution < 1.29 is 19.1 Å². The van der Waals surface area contributed by atoms with E-state index in [-0.39, 0.29) is 5.91 Å². The lowest BCUT2D eigenvalue weighted by Crippen LogP contribution is -2.57. The van der Waals surface area contributed by atoms with Gasteiger partial charge in [-0.1, -0.05) is 32.1 Å². The molecule has 2 saturated carbocycles. The zero-order valence-electron chi connectivity index (χ0n) is 20.1. The van der Waals surface area contributed by atoms with Crippen LogP contribution in [0.15, 0.2) is 0 Å². The molecule has 4 aliphatic rings. The van der Waals surface area contributed by atoms with E-state index >= 15 is 0 Å². The number of nitrogens with zero attached hydrogens (tertiary/aromatic N) is 3. The van der Waals surface area contributed by atoms with Crippen LogP contribution in [0, 0.1) is 29.1 Å². The van der Waals surface area contributed by atoms with E-state index < -0.39 is 17.7 Å². The number of nitrogens with one attached hydrogen (secondary N) is 1. The highest BCUT2D eigenvalue weighted by molar-refractivity contribution is 5.84. The van der Waals surface area contributed by atoms with Crippen LogP contribution in [0.25, 0.3) is 0 Å². The van der Waals surface area contributed by atoms with Crippen LogP contribution < -0.4 is 5.32 Å². The molecule has 4 rings (SSSR count). The maximum atomic E-state index is 13.4. The van der Waals surface area contributed by atoms with E-state index in [0.717, 1.165) is 37.8 Å². The number of rotatable bonds is 5. The van der Waals surface area contributed by atoms with Crippen LogP contribution in [0.3, 0.4) is 0 Å². The van der Waals surface area contributed by atoms with Gasteiger partial charge in [-0.25, -0.2) is 4.79 Å². The zero-order valence-corrected chi connectivity index (χ0v) is 20.1. The van der Waals surface area contributed by atoms with Gasteiger partial charge in [0.25, 0.3) is 5.91 Å². The molecule has 184 valence electrons. The topological polar surface area (TPSA) is 94.9 Å². The average Bonchev–Trinajstić information content (AvgIpc) is 2.85. The van der Waals surface area contributed by atoms with Gasteiger partial charge < -0.3 is 24.6 Å². The second-order valence-corrected chi connectivity index (χ2v) is 10.7. The highest BCUT2D eigenvalue weighted by Crippen LogP contribution is 2.44. The van der Waals surface area contributed by atoms with Gasteiger partial charge in [0.05, 0.1) is 19.3 Å². The van der Waals surface area contributed by atoms with Crippen LogP contribution in [-0.4, -0.2) is 79.9 Å². The lowest BCUT2D eigenvalue weighted by atomic mass is 9.66. The lowest BCUT2D eigenvalue weighted by Gasteiger charge is -2.40. The van der Waals surface area contributed by atoms with Crippen LogP contribution in [0.5, 0.6) is 0 Å². The summed E-state index contributed by atoms with van der Waals surface area (Å²) < 4.78 is 11.2. The molecule has 2 heterocycles. The molecule has 4 atom stereocenters. The summed E-state index contributed by atoms with van der Waals surface area (Å²) in [5.41, 5.74) is -0.881. The summed E-state index contributed by atoms with van der Waals surface area (Å²) in [7, 11) is 2.03. The Morgan fingerprint density at radius 1 is 1.09 bits per heavy atom. The van der Waals surface area contributed by atoms with Crippen molar-refractivity contribution >= 4 is 12.0 Å². The first-order chi connectivity index (χ1) is 16.0. The third kappa shape index (κ3) is 6.19. The minimum Gasteiger partial charge on any atom is -0.436 e. The molecule has 33 heavy (non-hydrogen) atoms. The van der Waals surface area contributed by atoms with Gasteiger partial charge in [-0.3, -0.25) is 4.79 Å². The Morgan fingerprint density at radius 2 is 1.79 bits per heavy atom. The molecule has 2 saturated heterocycles. The Balaban J connectivity index is 1.42. The molecule has 0 bridgehead atoms. The number of morpholine rings is 1. The smallest absolute Gasteiger partial charge is 0.410 e. The second-order valence-electron chi connectivity index (χ2n) is 10.7. The van der Waals surface area contributed by atoms with E-state index in [4.69, 9.17) is 9.47 Å². The molecule has 4 fully saturated rings. The number of hydrogen-bond donors (Lipinski definition) is 1. The molecule has 1 N–H and O–H groups in total. The number of piperidine rings is 1. The van der Waals surface area contributed by atoms with Gasteiger partial charge in [0, 0.05) is 26.2 Å². The van der Waals surface area contributed by atoms with E-state index in [2.05, 4.69) is 16.3 Å². The van der Waals surface area contributed by atoms with Gasteiger partial charge in [0.1, 0.15) is 5.54 Å². The van der Waals surface area contributed by atoms with E-state index in [1.54, 1.807) is 4.90 Å². The first-order valence-electron chi connectivity index (χ1n) is 12.9. The maximum absolute atomic E-state index is 13.4. The molecule has 0 aromatic heterocycles. The predicted molar refractivity (Wildman–Crippen MR) is 123 cm³/mol. The van der Waals surface area contributed by atoms with Gasteiger partial charge in [-0.05, 0) is 56.9 Å². The molecule has 0 aromatic carbocycles. The number of hydrogen-bond acceptors (Lipinski definition) is 6. The van der Waals surface area contributed by atoms with Gasteiger partial charge in [-0.2, -0.15) is 5.26 Å². The summed E-state index contributed by atoms with van der Waals surface area (Å²) in [6.07, 6.45) is 9.14. The van der Waals surface area contributed by atoms with Crippen molar-refractivity contribution in [3.8, 4) is 6.07 Å². The van der Waals surface area contributed by atoms with Crippen molar-refractivity contribution in [2.45, 2.75) is 75.9 Å². The normalized spacial score (nSPS) is 31.0. The molecule has 4 unspecified atom stereocenters. The highest BCUT2D eigenvalue weighted by atomic mass is 16.6.